The van der Waals surface area contributed by atoms with Crippen LogP contribution in [0.5, 0.6) is 11.5 Å². The highest BCUT2D eigenvalue weighted by atomic mass is 127. The maximum absolute atomic E-state index is 12.5. The predicted octanol–water partition coefficient (Wildman–Crippen LogP) is 4.65. The van der Waals surface area contributed by atoms with Crippen molar-refractivity contribution in [1.82, 2.24) is 0 Å². The summed E-state index contributed by atoms with van der Waals surface area (Å²) >= 11 is 2.16. The van der Waals surface area contributed by atoms with E-state index >= 15 is 0 Å². The van der Waals surface area contributed by atoms with Crippen molar-refractivity contribution < 1.29 is 14.3 Å². The van der Waals surface area contributed by atoms with Crippen LogP contribution in [0.2, 0.25) is 0 Å². The number of hydrogen-bond donors (Lipinski definition) is 1. The van der Waals surface area contributed by atoms with Crippen molar-refractivity contribution in [2.45, 2.75) is 20.8 Å². The Kier molecular flexibility index (Phi) is 6.27. The van der Waals surface area contributed by atoms with Gasteiger partial charge in [0.25, 0.3) is 5.91 Å². The fraction of sp³-hybridized carbons (Fsp3) is 0.278. The lowest BCUT2D eigenvalue weighted by molar-refractivity contribution is 0.102. The molecule has 0 fully saturated rings. The number of carbonyl (C=O) groups is 1. The number of halogens is 1. The monoisotopic (exact) mass is 425 g/mol. The second-order valence-electron chi connectivity index (χ2n) is 4.97. The Bertz CT molecular complexity index is 701. The molecule has 5 heteroatoms. The zero-order chi connectivity index (χ0) is 16.8. The van der Waals surface area contributed by atoms with Gasteiger partial charge in [-0.3, -0.25) is 4.79 Å². The quantitative estimate of drug-likeness (QED) is 0.686. The van der Waals surface area contributed by atoms with Crippen LogP contribution >= 0.6 is 22.6 Å². The average molecular weight is 425 g/mol. The highest BCUT2D eigenvalue weighted by Crippen LogP contribution is 2.34. The Hall–Kier alpha value is -1.76. The molecule has 0 aliphatic heterocycles. The van der Waals surface area contributed by atoms with Crippen molar-refractivity contribution in [2.24, 2.45) is 0 Å². The summed E-state index contributed by atoms with van der Waals surface area (Å²) < 4.78 is 12.1. The minimum absolute atomic E-state index is 0.169. The van der Waals surface area contributed by atoms with Crippen molar-refractivity contribution in [1.29, 1.82) is 0 Å². The van der Waals surface area contributed by atoms with E-state index in [0.29, 0.717) is 30.3 Å². The van der Waals surface area contributed by atoms with Crippen LogP contribution in [0.1, 0.15) is 29.8 Å². The molecule has 0 spiro atoms. The Labute approximate surface area is 150 Å². The van der Waals surface area contributed by atoms with Crippen LogP contribution in [-0.2, 0) is 0 Å². The molecular weight excluding hydrogens is 405 g/mol. The normalized spacial score (nSPS) is 10.3. The third kappa shape index (κ3) is 4.60. The van der Waals surface area contributed by atoms with Crippen molar-refractivity contribution in [3.63, 3.8) is 0 Å². The molecule has 122 valence electrons. The molecule has 1 N–H and O–H groups in total. The molecule has 0 radical (unpaired) electrons. The third-order valence-corrected chi connectivity index (χ3v) is 3.94. The number of amides is 1. The minimum atomic E-state index is -0.169. The molecule has 2 rings (SSSR count). The molecule has 0 heterocycles. The van der Waals surface area contributed by atoms with E-state index in [1.54, 1.807) is 12.1 Å². The molecule has 0 saturated heterocycles. The maximum Gasteiger partial charge on any atom is 0.255 e. The average Bonchev–Trinajstić information content (AvgIpc) is 2.50. The molecule has 0 aromatic heterocycles. The van der Waals surface area contributed by atoms with Crippen LogP contribution in [-0.4, -0.2) is 19.1 Å². The SMILES string of the molecule is CCOc1cc(C(=O)Nc2cccc(C)c2)cc(I)c1OCC. The minimum Gasteiger partial charge on any atom is -0.490 e. The van der Waals surface area contributed by atoms with Gasteiger partial charge < -0.3 is 14.8 Å². The van der Waals surface area contributed by atoms with Gasteiger partial charge >= 0.3 is 0 Å². The number of hydrogen-bond acceptors (Lipinski definition) is 3. The Morgan fingerprint density at radius 2 is 1.87 bits per heavy atom. The van der Waals surface area contributed by atoms with Gasteiger partial charge in [0.1, 0.15) is 0 Å². The molecule has 2 aromatic carbocycles. The van der Waals surface area contributed by atoms with Gasteiger partial charge in [0.15, 0.2) is 11.5 Å². The van der Waals surface area contributed by atoms with Crippen LogP contribution in [0, 0.1) is 10.5 Å². The molecule has 23 heavy (non-hydrogen) atoms. The highest BCUT2D eigenvalue weighted by molar-refractivity contribution is 14.1. The van der Waals surface area contributed by atoms with Gasteiger partial charge in [0, 0.05) is 11.3 Å². The van der Waals surface area contributed by atoms with Crippen LogP contribution in [0.4, 0.5) is 5.69 Å². The van der Waals surface area contributed by atoms with E-state index in [-0.39, 0.29) is 5.91 Å². The summed E-state index contributed by atoms with van der Waals surface area (Å²) in [6.45, 7) is 6.87. The summed E-state index contributed by atoms with van der Waals surface area (Å²) in [5.41, 5.74) is 2.42. The number of nitrogens with one attached hydrogen (secondary N) is 1. The molecule has 2 aromatic rings. The summed E-state index contributed by atoms with van der Waals surface area (Å²) in [6, 6.07) is 11.2. The molecule has 0 aliphatic rings. The Balaban J connectivity index is 2.29. The molecule has 0 atom stereocenters. The van der Waals surface area contributed by atoms with Crippen molar-refractivity contribution in [3.05, 3.63) is 51.1 Å². The lowest BCUT2D eigenvalue weighted by atomic mass is 10.1. The number of benzene rings is 2. The predicted molar refractivity (Wildman–Crippen MR) is 101 cm³/mol. The number of ether oxygens (including phenoxy) is 2. The van der Waals surface area contributed by atoms with Gasteiger partial charge in [0.05, 0.1) is 16.8 Å². The van der Waals surface area contributed by atoms with Gasteiger partial charge in [-0.2, -0.15) is 0 Å². The van der Waals surface area contributed by atoms with Crippen molar-refractivity contribution in [3.8, 4) is 11.5 Å². The van der Waals surface area contributed by atoms with Crippen LogP contribution < -0.4 is 14.8 Å². The van der Waals surface area contributed by atoms with E-state index < -0.39 is 0 Å². The lowest BCUT2D eigenvalue weighted by Gasteiger charge is -2.14. The van der Waals surface area contributed by atoms with Crippen molar-refractivity contribution >= 4 is 34.2 Å². The standard InChI is InChI=1S/C18H20INO3/c1-4-22-16-11-13(10-15(19)17(16)23-5-2)18(21)20-14-8-6-7-12(3)9-14/h6-11H,4-5H2,1-3H3,(H,20,21). The number of rotatable bonds is 6. The van der Waals surface area contributed by atoms with E-state index in [1.807, 2.05) is 45.0 Å². The van der Waals surface area contributed by atoms with Crippen LogP contribution in [0.15, 0.2) is 36.4 Å². The third-order valence-electron chi connectivity index (χ3n) is 3.14. The second kappa shape index (κ2) is 8.19. The first-order valence-electron chi connectivity index (χ1n) is 7.52. The largest absolute Gasteiger partial charge is 0.490 e. The highest BCUT2D eigenvalue weighted by Gasteiger charge is 2.16. The summed E-state index contributed by atoms with van der Waals surface area (Å²) in [6.07, 6.45) is 0. The maximum atomic E-state index is 12.5. The zero-order valence-corrected chi connectivity index (χ0v) is 15.6. The zero-order valence-electron chi connectivity index (χ0n) is 13.5. The van der Waals surface area contributed by atoms with E-state index in [4.69, 9.17) is 9.47 Å². The van der Waals surface area contributed by atoms with Gasteiger partial charge in [-0.25, -0.2) is 0 Å². The van der Waals surface area contributed by atoms with Crippen molar-refractivity contribution in [2.75, 3.05) is 18.5 Å². The Morgan fingerprint density at radius 1 is 1.13 bits per heavy atom. The van der Waals surface area contributed by atoms with Crippen LogP contribution in [0.25, 0.3) is 0 Å². The first-order chi connectivity index (χ1) is 11.0. The Morgan fingerprint density at radius 3 is 2.52 bits per heavy atom. The first kappa shape index (κ1) is 17.6. The summed E-state index contributed by atoms with van der Waals surface area (Å²) in [4.78, 5) is 12.5. The molecule has 1 amide bonds. The number of anilines is 1. The second-order valence-corrected chi connectivity index (χ2v) is 6.14. The molecule has 0 saturated carbocycles. The van der Waals surface area contributed by atoms with E-state index in [9.17, 15) is 4.79 Å². The summed E-state index contributed by atoms with van der Waals surface area (Å²) in [5, 5.41) is 2.91. The molecule has 0 unspecified atom stereocenters. The number of aryl methyl sites for hydroxylation is 1. The summed E-state index contributed by atoms with van der Waals surface area (Å²) in [7, 11) is 0. The molecule has 0 aliphatic carbocycles. The fourth-order valence-electron chi connectivity index (χ4n) is 2.17. The number of carbonyl (C=O) groups excluding carboxylic acids is 1. The summed E-state index contributed by atoms with van der Waals surface area (Å²) in [5.74, 6) is 1.11. The van der Waals surface area contributed by atoms with Gasteiger partial charge in [-0.05, 0) is 73.2 Å². The van der Waals surface area contributed by atoms with E-state index in [1.165, 1.54) is 0 Å². The lowest BCUT2D eigenvalue weighted by Crippen LogP contribution is -2.13. The van der Waals surface area contributed by atoms with E-state index in [0.717, 1.165) is 14.8 Å². The van der Waals surface area contributed by atoms with Gasteiger partial charge in [-0.15, -0.1) is 0 Å². The molecule has 4 nitrogen and oxygen atoms in total. The fourth-order valence-corrected chi connectivity index (χ4v) is 2.93. The van der Waals surface area contributed by atoms with Gasteiger partial charge in [0.2, 0.25) is 0 Å². The van der Waals surface area contributed by atoms with Gasteiger partial charge in [-0.1, -0.05) is 12.1 Å². The van der Waals surface area contributed by atoms with Crippen LogP contribution in [0.3, 0.4) is 0 Å². The molecule has 0 bridgehead atoms. The smallest absolute Gasteiger partial charge is 0.255 e. The van der Waals surface area contributed by atoms with E-state index in [2.05, 4.69) is 27.9 Å². The topological polar surface area (TPSA) is 47.6 Å². The molecular formula is C18H20INO3. The first-order valence-corrected chi connectivity index (χ1v) is 8.60.